The van der Waals surface area contributed by atoms with Crippen molar-refractivity contribution in [2.45, 2.75) is 19.9 Å². The largest absolute Gasteiger partial charge is 0.378 e. The Bertz CT molecular complexity index is 696. The summed E-state index contributed by atoms with van der Waals surface area (Å²) in [6, 6.07) is 10.0. The number of hydrogen-bond donors (Lipinski definition) is 1. The van der Waals surface area contributed by atoms with E-state index in [0.717, 1.165) is 22.6 Å². The van der Waals surface area contributed by atoms with Gasteiger partial charge in [-0.2, -0.15) is 5.10 Å². The number of aromatic nitrogens is 2. The summed E-state index contributed by atoms with van der Waals surface area (Å²) < 4.78 is 7.59. The number of morpholine rings is 1. The third kappa shape index (κ3) is 3.13. The highest BCUT2D eigenvalue weighted by atomic mass is 16.5. The third-order valence-electron chi connectivity index (χ3n) is 4.28. The minimum Gasteiger partial charge on any atom is -0.378 e. The van der Waals surface area contributed by atoms with E-state index >= 15 is 0 Å². The molecule has 0 radical (unpaired) electrons. The Labute approximate surface area is 135 Å². The fourth-order valence-electron chi connectivity index (χ4n) is 3.25. The molecule has 1 amide bonds. The van der Waals surface area contributed by atoms with E-state index < -0.39 is 0 Å². The van der Waals surface area contributed by atoms with Crippen LogP contribution >= 0.6 is 0 Å². The third-order valence-corrected chi connectivity index (χ3v) is 4.28. The van der Waals surface area contributed by atoms with Gasteiger partial charge in [0.05, 0.1) is 37.2 Å². The van der Waals surface area contributed by atoms with E-state index in [1.54, 1.807) is 0 Å². The standard InChI is InChI=1S/C17H22N4O2/c1-12-17(15-11-23-9-8-20(15)10-16(18)22)13(2)21(19-12)14-6-4-3-5-7-14/h3-7,15H,8-11H2,1-2H3,(H2,18,22). The van der Waals surface area contributed by atoms with Gasteiger partial charge >= 0.3 is 0 Å². The quantitative estimate of drug-likeness (QED) is 0.924. The van der Waals surface area contributed by atoms with Crippen molar-refractivity contribution in [3.05, 3.63) is 47.3 Å². The number of nitrogens with two attached hydrogens (primary N) is 1. The molecule has 0 aliphatic carbocycles. The van der Waals surface area contributed by atoms with Crippen molar-refractivity contribution in [1.82, 2.24) is 14.7 Å². The van der Waals surface area contributed by atoms with Crippen LogP contribution in [0.2, 0.25) is 0 Å². The summed E-state index contributed by atoms with van der Waals surface area (Å²) in [6.07, 6.45) is 0. The summed E-state index contributed by atoms with van der Waals surface area (Å²) in [5, 5.41) is 4.69. The molecule has 1 aromatic heterocycles. The van der Waals surface area contributed by atoms with Crippen LogP contribution in [-0.2, 0) is 9.53 Å². The van der Waals surface area contributed by atoms with E-state index in [2.05, 4.69) is 16.9 Å². The zero-order valence-corrected chi connectivity index (χ0v) is 13.5. The molecule has 1 aliphatic heterocycles. The molecule has 23 heavy (non-hydrogen) atoms. The Balaban J connectivity index is 1.99. The molecule has 0 bridgehead atoms. The topological polar surface area (TPSA) is 73.4 Å². The van der Waals surface area contributed by atoms with Gasteiger partial charge in [0.1, 0.15) is 0 Å². The number of aryl methyl sites for hydroxylation is 1. The number of hydrogen-bond acceptors (Lipinski definition) is 4. The zero-order valence-electron chi connectivity index (χ0n) is 13.5. The normalized spacial score (nSPS) is 19.0. The van der Waals surface area contributed by atoms with Gasteiger partial charge in [0, 0.05) is 17.8 Å². The lowest BCUT2D eigenvalue weighted by Crippen LogP contribution is -2.44. The van der Waals surface area contributed by atoms with Crippen molar-refractivity contribution in [3.8, 4) is 5.69 Å². The SMILES string of the molecule is Cc1nn(-c2ccccc2)c(C)c1C1COCCN1CC(N)=O. The molecule has 6 nitrogen and oxygen atoms in total. The van der Waals surface area contributed by atoms with Crippen LogP contribution in [0, 0.1) is 13.8 Å². The van der Waals surface area contributed by atoms with Gasteiger partial charge in [0.2, 0.25) is 5.91 Å². The molecule has 122 valence electrons. The summed E-state index contributed by atoms with van der Waals surface area (Å²) >= 11 is 0. The number of amides is 1. The Hall–Kier alpha value is -2.18. The smallest absolute Gasteiger partial charge is 0.231 e. The summed E-state index contributed by atoms with van der Waals surface area (Å²) in [4.78, 5) is 13.4. The second-order valence-corrected chi connectivity index (χ2v) is 5.86. The molecule has 1 unspecified atom stereocenters. The van der Waals surface area contributed by atoms with Crippen LogP contribution in [0.5, 0.6) is 0 Å². The maximum Gasteiger partial charge on any atom is 0.231 e. The minimum atomic E-state index is -0.317. The lowest BCUT2D eigenvalue weighted by Gasteiger charge is -2.35. The minimum absolute atomic E-state index is 0.00807. The monoisotopic (exact) mass is 314 g/mol. The molecule has 1 saturated heterocycles. The fraction of sp³-hybridized carbons (Fsp3) is 0.412. The van der Waals surface area contributed by atoms with Crippen LogP contribution in [-0.4, -0.2) is 46.9 Å². The highest BCUT2D eigenvalue weighted by molar-refractivity contribution is 5.76. The number of carbonyl (C=O) groups is 1. The van der Waals surface area contributed by atoms with Crippen LogP contribution in [0.25, 0.3) is 5.69 Å². The van der Waals surface area contributed by atoms with E-state index in [1.807, 2.05) is 41.9 Å². The van der Waals surface area contributed by atoms with Crippen LogP contribution in [0.15, 0.2) is 30.3 Å². The van der Waals surface area contributed by atoms with E-state index in [9.17, 15) is 4.79 Å². The number of rotatable bonds is 4. The van der Waals surface area contributed by atoms with Crippen molar-refractivity contribution in [1.29, 1.82) is 0 Å². The molecule has 1 aliphatic rings. The number of primary amides is 1. The summed E-state index contributed by atoms with van der Waals surface area (Å²) in [6.45, 7) is 6.16. The number of para-hydroxylation sites is 1. The summed E-state index contributed by atoms with van der Waals surface area (Å²) in [7, 11) is 0. The number of carbonyl (C=O) groups excluding carboxylic acids is 1. The Kier molecular flexibility index (Phi) is 4.45. The highest BCUT2D eigenvalue weighted by Crippen LogP contribution is 2.30. The first-order valence-electron chi connectivity index (χ1n) is 7.79. The summed E-state index contributed by atoms with van der Waals surface area (Å²) in [5.41, 5.74) is 9.56. The van der Waals surface area contributed by atoms with Gasteiger partial charge in [-0.15, -0.1) is 0 Å². The molecular weight excluding hydrogens is 292 g/mol. The molecule has 2 N–H and O–H groups in total. The predicted molar refractivity (Wildman–Crippen MR) is 87.4 cm³/mol. The molecule has 0 saturated carbocycles. The molecule has 1 atom stereocenters. The van der Waals surface area contributed by atoms with Crippen LogP contribution < -0.4 is 5.73 Å². The molecule has 1 fully saturated rings. The van der Waals surface area contributed by atoms with Gasteiger partial charge in [-0.3, -0.25) is 9.69 Å². The van der Waals surface area contributed by atoms with Crippen LogP contribution in [0.4, 0.5) is 0 Å². The van der Waals surface area contributed by atoms with Gasteiger partial charge in [0.25, 0.3) is 0 Å². The van der Waals surface area contributed by atoms with E-state index in [4.69, 9.17) is 10.5 Å². The van der Waals surface area contributed by atoms with Gasteiger partial charge in [-0.05, 0) is 26.0 Å². The maximum absolute atomic E-state index is 11.4. The number of ether oxygens (including phenoxy) is 1. The van der Waals surface area contributed by atoms with Crippen molar-refractivity contribution in [2.24, 2.45) is 5.73 Å². The molecule has 2 aromatic rings. The Morgan fingerprint density at radius 1 is 1.35 bits per heavy atom. The number of benzene rings is 1. The van der Waals surface area contributed by atoms with Gasteiger partial charge < -0.3 is 10.5 Å². The van der Waals surface area contributed by atoms with Crippen LogP contribution in [0.3, 0.4) is 0 Å². The number of nitrogens with zero attached hydrogens (tertiary/aromatic N) is 3. The van der Waals surface area contributed by atoms with Gasteiger partial charge in [-0.25, -0.2) is 4.68 Å². The second-order valence-electron chi connectivity index (χ2n) is 5.86. The average Bonchev–Trinajstić information content (AvgIpc) is 2.83. The van der Waals surface area contributed by atoms with Crippen LogP contribution in [0.1, 0.15) is 23.0 Å². The average molecular weight is 314 g/mol. The van der Waals surface area contributed by atoms with Crippen molar-refractivity contribution < 1.29 is 9.53 Å². The van der Waals surface area contributed by atoms with E-state index in [-0.39, 0.29) is 18.5 Å². The molecular formula is C17H22N4O2. The Morgan fingerprint density at radius 3 is 2.78 bits per heavy atom. The lowest BCUT2D eigenvalue weighted by molar-refractivity contribution is -0.121. The molecule has 0 spiro atoms. The molecule has 3 rings (SSSR count). The first-order chi connectivity index (χ1) is 11.1. The summed E-state index contributed by atoms with van der Waals surface area (Å²) in [5.74, 6) is -0.317. The van der Waals surface area contributed by atoms with Crippen molar-refractivity contribution in [2.75, 3.05) is 26.3 Å². The van der Waals surface area contributed by atoms with Gasteiger partial charge in [-0.1, -0.05) is 18.2 Å². The maximum atomic E-state index is 11.4. The Morgan fingerprint density at radius 2 is 2.09 bits per heavy atom. The lowest BCUT2D eigenvalue weighted by atomic mass is 10.0. The predicted octanol–water partition coefficient (Wildman–Crippen LogP) is 1.35. The zero-order chi connectivity index (χ0) is 16.4. The molecule has 1 aromatic carbocycles. The van der Waals surface area contributed by atoms with Crippen molar-refractivity contribution >= 4 is 5.91 Å². The van der Waals surface area contributed by atoms with E-state index in [1.165, 1.54) is 0 Å². The van der Waals surface area contributed by atoms with Crippen molar-refractivity contribution in [3.63, 3.8) is 0 Å². The first kappa shape index (κ1) is 15.7. The first-order valence-corrected chi connectivity index (χ1v) is 7.79. The molecule has 6 heteroatoms. The second kappa shape index (κ2) is 6.52. The van der Waals surface area contributed by atoms with E-state index in [0.29, 0.717) is 19.8 Å². The molecule has 2 heterocycles. The fourth-order valence-corrected chi connectivity index (χ4v) is 3.25. The highest BCUT2D eigenvalue weighted by Gasteiger charge is 2.30. The van der Waals surface area contributed by atoms with Gasteiger partial charge in [0.15, 0.2) is 0 Å².